The van der Waals surface area contributed by atoms with Gasteiger partial charge in [0.05, 0.1) is 0 Å². The number of hydrogen-bond donors (Lipinski definition) is 2. The van der Waals surface area contributed by atoms with Crippen LogP contribution in [0, 0.1) is 13.8 Å². The fourth-order valence-corrected chi connectivity index (χ4v) is 1.62. The first-order valence-electron chi connectivity index (χ1n) is 4.51. The Morgan fingerprint density at radius 2 is 1.50 bits per heavy atom. The third-order valence-electron chi connectivity index (χ3n) is 2.53. The molecule has 2 nitrogen and oxygen atoms in total. The van der Waals surface area contributed by atoms with Crippen LogP contribution in [0.15, 0.2) is 24.3 Å². The monoisotopic (exact) mass is 188 g/mol. The summed E-state index contributed by atoms with van der Waals surface area (Å²) in [5, 5.41) is 20.8. The molecule has 2 N–H and O–H groups in total. The molecular formula is C12H12O2. The number of phenols is 2. The standard InChI is InChI=1S/C12H12O2/c1-7-3-4-11(13)10-6-12(14)8(2)5-9(7)10/h3-6,13-14H,1-2H3. The summed E-state index contributed by atoms with van der Waals surface area (Å²) in [4.78, 5) is 0. The van der Waals surface area contributed by atoms with Crippen molar-refractivity contribution in [3.63, 3.8) is 0 Å². The van der Waals surface area contributed by atoms with E-state index in [1.807, 2.05) is 26.0 Å². The fourth-order valence-electron chi connectivity index (χ4n) is 1.62. The van der Waals surface area contributed by atoms with Crippen LogP contribution in [0.5, 0.6) is 11.5 Å². The highest BCUT2D eigenvalue weighted by Crippen LogP contribution is 2.32. The molecule has 0 amide bonds. The van der Waals surface area contributed by atoms with E-state index < -0.39 is 0 Å². The average molecular weight is 188 g/mol. The second-order valence-corrected chi connectivity index (χ2v) is 3.59. The summed E-state index contributed by atoms with van der Waals surface area (Å²) in [7, 11) is 0. The van der Waals surface area contributed by atoms with Gasteiger partial charge in [0.1, 0.15) is 11.5 Å². The highest BCUT2D eigenvalue weighted by Gasteiger charge is 2.05. The molecule has 0 aliphatic carbocycles. The summed E-state index contributed by atoms with van der Waals surface area (Å²) in [6.07, 6.45) is 0. The molecule has 0 aromatic heterocycles. The predicted molar refractivity (Wildman–Crippen MR) is 56.8 cm³/mol. The zero-order chi connectivity index (χ0) is 10.3. The largest absolute Gasteiger partial charge is 0.508 e. The summed E-state index contributed by atoms with van der Waals surface area (Å²) in [6.45, 7) is 3.83. The molecule has 2 heteroatoms. The van der Waals surface area contributed by atoms with E-state index >= 15 is 0 Å². The predicted octanol–water partition coefficient (Wildman–Crippen LogP) is 2.87. The van der Waals surface area contributed by atoms with Crippen LogP contribution in [0.1, 0.15) is 11.1 Å². The van der Waals surface area contributed by atoms with Crippen LogP contribution in [0.3, 0.4) is 0 Å². The van der Waals surface area contributed by atoms with E-state index in [2.05, 4.69) is 0 Å². The SMILES string of the molecule is Cc1cc2c(C)ccc(O)c2cc1O. The van der Waals surface area contributed by atoms with Crippen molar-refractivity contribution in [2.75, 3.05) is 0 Å². The first kappa shape index (κ1) is 8.88. The molecule has 0 heterocycles. The molecule has 2 aromatic carbocycles. The summed E-state index contributed by atoms with van der Waals surface area (Å²) in [6, 6.07) is 7.01. The van der Waals surface area contributed by atoms with Crippen molar-refractivity contribution in [1.29, 1.82) is 0 Å². The molecule has 0 bridgehead atoms. The van der Waals surface area contributed by atoms with Crippen molar-refractivity contribution >= 4 is 10.8 Å². The van der Waals surface area contributed by atoms with E-state index in [4.69, 9.17) is 0 Å². The molecule has 0 atom stereocenters. The number of aryl methyl sites for hydroxylation is 2. The molecule has 0 aliphatic heterocycles. The van der Waals surface area contributed by atoms with Crippen molar-refractivity contribution in [2.45, 2.75) is 13.8 Å². The van der Waals surface area contributed by atoms with Crippen LogP contribution in [-0.2, 0) is 0 Å². The van der Waals surface area contributed by atoms with E-state index in [0.29, 0.717) is 5.39 Å². The van der Waals surface area contributed by atoms with Gasteiger partial charge in [-0.25, -0.2) is 0 Å². The van der Waals surface area contributed by atoms with Crippen LogP contribution in [0.4, 0.5) is 0 Å². The van der Waals surface area contributed by atoms with Crippen LogP contribution >= 0.6 is 0 Å². The Morgan fingerprint density at radius 1 is 0.786 bits per heavy atom. The maximum atomic E-state index is 9.60. The fraction of sp³-hybridized carbons (Fsp3) is 0.167. The van der Waals surface area contributed by atoms with Gasteiger partial charge >= 0.3 is 0 Å². The summed E-state index contributed by atoms with van der Waals surface area (Å²) in [5.74, 6) is 0.430. The van der Waals surface area contributed by atoms with E-state index in [-0.39, 0.29) is 11.5 Å². The molecule has 72 valence electrons. The van der Waals surface area contributed by atoms with E-state index in [0.717, 1.165) is 16.5 Å². The van der Waals surface area contributed by atoms with Crippen LogP contribution in [0.2, 0.25) is 0 Å². The number of rotatable bonds is 0. The Kier molecular flexibility index (Phi) is 1.84. The minimum absolute atomic E-state index is 0.209. The zero-order valence-electron chi connectivity index (χ0n) is 8.20. The minimum Gasteiger partial charge on any atom is -0.508 e. The Hall–Kier alpha value is -1.70. The lowest BCUT2D eigenvalue weighted by molar-refractivity contribution is 0.468. The number of fused-ring (bicyclic) bond motifs is 1. The Morgan fingerprint density at radius 3 is 2.21 bits per heavy atom. The van der Waals surface area contributed by atoms with Crippen LogP contribution in [0.25, 0.3) is 10.8 Å². The van der Waals surface area contributed by atoms with Crippen LogP contribution < -0.4 is 0 Å². The van der Waals surface area contributed by atoms with Crippen molar-refractivity contribution in [3.05, 3.63) is 35.4 Å². The van der Waals surface area contributed by atoms with Crippen molar-refractivity contribution in [3.8, 4) is 11.5 Å². The lowest BCUT2D eigenvalue weighted by Crippen LogP contribution is -1.82. The second kappa shape index (κ2) is 2.91. The molecule has 0 radical (unpaired) electrons. The lowest BCUT2D eigenvalue weighted by atomic mass is 10.0. The van der Waals surface area contributed by atoms with Crippen molar-refractivity contribution in [2.24, 2.45) is 0 Å². The minimum atomic E-state index is 0.209. The number of aromatic hydroxyl groups is 2. The number of hydrogen-bond acceptors (Lipinski definition) is 2. The molecule has 0 unspecified atom stereocenters. The first-order valence-corrected chi connectivity index (χ1v) is 4.51. The van der Waals surface area contributed by atoms with Gasteiger partial charge in [0.15, 0.2) is 0 Å². The number of benzene rings is 2. The second-order valence-electron chi connectivity index (χ2n) is 3.59. The van der Waals surface area contributed by atoms with Gasteiger partial charge in [0, 0.05) is 5.39 Å². The van der Waals surface area contributed by atoms with Gasteiger partial charge in [0.25, 0.3) is 0 Å². The maximum Gasteiger partial charge on any atom is 0.123 e. The summed E-state index contributed by atoms with van der Waals surface area (Å²) in [5.41, 5.74) is 1.92. The highest BCUT2D eigenvalue weighted by molar-refractivity contribution is 5.92. The molecular weight excluding hydrogens is 176 g/mol. The zero-order valence-corrected chi connectivity index (χ0v) is 8.20. The molecule has 0 saturated heterocycles. The topological polar surface area (TPSA) is 40.5 Å². The molecule has 0 fully saturated rings. The molecule has 2 aromatic rings. The van der Waals surface area contributed by atoms with Gasteiger partial charge in [-0.2, -0.15) is 0 Å². The summed E-state index contributed by atoms with van der Waals surface area (Å²) < 4.78 is 0. The van der Waals surface area contributed by atoms with E-state index in [1.54, 1.807) is 12.1 Å². The van der Waals surface area contributed by atoms with Crippen molar-refractivity contribution in [1.82, 2.24) is 0 Å². The molecule has 0 spiro atoms. The third kappa shape index (κ3) is 1.20. The van der Waals surface area contributed by atoms with Gasteiger partial charge in [-0.15, -0.1) is 0 Å². The van der Waals surface area contributed by atoms with Gasteiger partial charge in [-0.05, 0) is 48.6 Å². The van der Waals surface area contributed by atoms with Gasteiger partial charge in [-0.1, -0.05) is 6.07 Å². The third-order valence-corrected chi connectivity index (χ3v) is 2.53. The van der Waals surface area contributed by atoms with Gasteiger partial charge in [-0.3, -0.25) is 0 Å². The highest BCUT2D eigenvalue weighted by atomic mass is 16.3. The van der Waals surface area contributed by atoms with Crippen molar-refractivity contribution < 1.29 is 10.2 Å². The quantitative estimate of drug-likeness (QED) is 0.667. The normalized spacial score (nSPS) is 10.7. The molecule has 0 saturated carbocycles. The van der Waals surface area contributed by atoms with Gasteiger partial charge in [0.2, 0.25) is 0 Å². The summed E-state index contributed by atoms with van der Waals surface area (Å²) >= 11 is 0. The first-order chi connectivity index (χ1) is 6.59. The molecule has 14 heavy (non-hydrogen) atoms. The Balaban J connectivity index is 2.94. The maximum absolute atomic E-state index is 9.60. The Bertz CT molecular complexity index is 455. The van der Waals surface area contributed by atoms with E-state index in [9.17, 15) is 10.2 Å². The van der Waals surface area contributed by atoms with Gasteiger partial charge < -0.3 is 10.2 Å². The lowest BCUT2D eigenvalue weighted by Gasteiger charge is -2.07. The number of phenolic OH excluding ortho intramolecular Hbond substituents is 2. The average Bonchev–Trinajstić information content (AvgIpc) is 2.15. The van der Waals surface area contributed by atoms with E-state index in [1.165, 1.54) is 0 Å². The smallest absolute Gasteiger partial charge is 0.123 e. The van der Waals surface area contributed by atoms with Crippen LogP contribution in [-0.4, -0.2) is 10.2 Å². The Labute approximate surface area is 82.4 Å². The molecule has 2 rings (SSSR count). The molecule has 0 aliphatic rings.